The molecule has 2 rings (SSSR count). The summed E-state index contributed by atoms with van der Waals surface area (Å²) in [4.78, 5) is 17.3. The molecule has 0 saturated heterocycles. The molecule has 0 spiro atoms. The number of halogens is 1. The number of methoxy groups -OCH3 is 1. The summed E-state index contributed by atoms with van der Waals surface area (Å²) in [5.41, 5.74) is 0.807. The van der Waals surface area contributed by atoms with Crippen molar-refractivity contribution in [3.05, 3.63) is 51.7 Å². The highest BCUT2D eigenvalue weighted by molar-refractivity contribution is 7.11. The molecule has 0 bridgehead atoms. The fourth-order valence-corrected chi connectivity index (χ4v) is 2.81. The fraction of sp³-hybridized carbons (Fsp3) is 0.375. The summed E-state index contributed by atoms with van der Waals surface area (Å²) >= 11 is 1.59. The maximum atomic E-state index is 12.9. The van der Waals surface area contributed by atoms with Crippen LogP contribution in [0.1, 0.15) is 28.5 Å². The van der Waals surface area contributed by atoms with E-state index in [1.165, 1.54) is 17.0 Å². The first-order chi connectivity index (χ1) is 11.1. The van der Waals surface area contributed by atoms with E-state index in [0.717, 1.165) is 17.0 Å². The number of ether oxygens (including phenoxy) is 1. The van der Waals surface area contributed by atoms with Gasteiger partial charge in [0.15, 0.2) is 0 Å². The fourth-order valence-electron chi connectivity index (χ4n) is 2.01. The molecule has 23 heavy (non-hydrogen) atoms. The maximum Gasteiger partial charge on any atom is 0.315 e. The maximum absolute atomic E-state index is 12.9. The summed E-state index contributed by atoms with van der Waals surface area (Å²) in [6.45, 7) is 2.76. The quantitative estimate of drug-likeness (QED) is 0.816. The lowest BCUT2D eigenvalue weighted by molar-refractivity contribution is 0.104. The average molecular weight is 337 g/mol. The summed E-state index contributed by atoms with van der Waals surface area (Å²) in [5, 5.41) is 6.38. The van der Waals surface area contributed by atoms with E-state index < -0.39 is 0 Å². The van der Waals surface area contributed by atoms with Gasteiger partial charge >= 0.3 is 6.03 Å². The van der Waals surface area contributed by atoms with E-state index >= 15 is 0 Å². The van der Waals surface area contributed by atoms with Gasteiger partial charge in [0, 0.05) is 24.7 Å². The van der Waals surface area contributed by atoms with Gasteiger partial charge in [-0.15, -0.1) is 11.3 Å². The van der Waals surface area contributed by atoms with Crippen LogP contribution in [0.2, 0.25) is 0 Å². The monoisotopic (exact) mass is 337 g/mol. The lowest BCUT2D eigenvalue weighted by atomic mass is 10.1. The first-order valence-electron chi connectivity index (χ1n) is 7.36. The zero-order valence-electron chi connectivity index (χ0n) is 13.1. The van der Waals surface area contributed by atoms with E-state index in [0.29, 0.717) is 13.1 Å². The second-order valence-electron chi connectivity index (χ2n) is 4.91. The lowest BCUT2D eigenvalue weighted by Gasteiger charge is -2.16. The Balaban J connectivity index is 1.79. The van der Waals surface area contributed by atoms with E-state index in [2.05, 4.69) is 22.5 Å². The Kier molecular flexibility index (Phi) is 6.49. The van der Waals surface area contributed by atoms with Crippen LogP contribution < -0.4 is 10.6 Å². The molecule has 0 aliphatic heterocycles. The number of hydrogen-bond acceptors (Lipinski definition) is 4. The minimum atomic E-state index is -0.326. The molecule has 1 atom stereocenters. The summed E-state index contributed by atoms with van der Waals surface area (Å²) in [5.74, 6) is -0.302. The zero-order chi connectivity index (χ0) is 16.7. The average Bonchev–Trinajstić information content (AvgIpc) is 3.03. The molecule has 5 nitrogen and oxygen atoms in total. The normalized spacial score (nSPS) is 12.0. The first kappa shape index (κ1) is 17.4. The van der Waals surface area contributed by atoms with Gasteiger partial charge in [-0.3, -0.25) is 0 Å². The molecule has 1 unspecified atom stereocenters. The van der Waals surface area contributed by atoms with Crippen molar-refractivity contribution in [3.63, 3.8) is 0 Å². The predicted octanol–water partition coefficient (Wildman–Crippen LogP) is 3.03. The van der Waals surface area contributed by atoms with Gasteiger partial charge in [-0.05, 0) is 24.1 Å². The third-order valence-electron chi connectivity index (χ3n) is 3.32. The molecule has 0 aliphatic rings. The van der Waals surface area contributed by atoms with Crippen molar-refractivity contribution in [2.75, 3.05) is 13.7 Å². The van der Waals surface area contributed by atoms with Crippen molar-refractivity contribution in [2.45, 2.75) is 26.0 Å². The molecule has 1 aromatic carbocycles. The van der Waals surface area contributed by atoms with Gasteiger partial charge in [-0.25, -0.2) is 14.2 Å². The molecule has 7 heteroatoms. The van der Waals surface area contributed by atoms with Gasteiger partial charge in [0.2, 0.25) is 0 Å². The number of nitrogens with one attached hydrogen (secondary N) is 2. The van der Waals surface area contributed by atoms with Crippen molar-refractivity contribution in [3.8, 4) is 0 Å². The Morgan fingerprint density at radius 3 is 2.70 bits per heavy atom. The van der Waals surface area contributed by atoms with Crippen LogP contribution in [0.4, 0.5) is 9.18 Å². The molecule has 2 amide bonds. The second kappa shape index (κ2) is 8.59. The summed E-state index contributed by atoms with van der Waals surface area (Å²) in [6, 6.07) is 5.74. The van der Waals surface area contributed by atoms with Crippen LogP contribution in [0.5, 0.6) is 0 Å². The van der Waals surface area contributed by atoms with E-state index in [4.69, 9.17) is 4.74 Å². The number of nitrogens with zero attached hydrogens (tertiary/aromatic N) is 1. The molecule has 1 aromatic heterocycles. The predicted molar refractivity (Wildman–Crippen MR) is 87.9 cm³/mol. The number of aromatic nitrogens is 1. The molecule has 0 fully saturated rings. The van der Waals surface area contributed by atoms with Crippen molar-refractivity contribution < 1.29 is 13.9 Å². The van der Waals surface area contributed by atoms with Crippen LogP contribution in [0.25, 0.3) is 0 Å². The number of thiazole rings is 1. The highest BCUT2D eigenvalue weighted by atomic mass is 32.1. The Morgan fingerprint density at radius 2 is 2.09 bits per heavy atom. The molecule has 0 radical (unpaired) electrons. The standard InChI is InChI=1S/C16H20FN3O2S/c1-3-13-8-18-15(23-13)10-20-16(21)19-9-14(22-2)11-4-6-12(17)7-5-11/h4-8,14H,3,9-10H2,1-2H3,(H2,19,20,21). The number of carbonyl (C=O) groups excluding carboxylic acids is 1. The Bertz CT molecular complexity index is 631. The van der Waals surface area contributed by atoms with E-state index in [1.807, 2.05) is 6.20 Å². The first-order valence-corrected chi connectivity index (χ1v) is 8.17. The largest absolute Gasteiger partial charge is 0.375 e. The highest BCUT2D eigenvalue weighted by Crippen LogP contribution is 2.16. The van der Waals surface area contributed by atoms with Crippen LogP contribution >= 0.6 is 11.3 Å². The number of urea groups is 1. The number of benzene rings is 1. The number of amides is 2. The molecular formula is C16H20FN3O2S. The van der Waals surface area contributed by atoms with Gasteiger partial charge in [0.05, 0.1) is 12.6 Å². The topological polar surface area (TPSA) is 63.2 Å². The molecule has 0 aliphatic carbocycles. The van der Waals surface area contributed by atoms with Gasteiger partial charge in [0.1, 0.15) is 10.8 Å². The van der Waals surface area contributed by atoms with Gasteiger partial charge in [-0.1, -0.05) is 19.1 Å². The highest BCUT2D eigenvalue weighted by Gasteiger charge is 2.12. The van der Waals surface area contributed by atoms with Crippen molar-refractivity contribution in [1.82, 2.24) is 15.6 Å². The van der Waals surface area contributed by atoms with Gasteiger partial charge in [-0.2, -0.15) is 0 Å². The molecule has 2 N–H and O–H groups in total. The molecule has 124 valence electrons. The minimum absolute atomic E-state index is 0.289. The molecule has 2 aromatic rings. The summed E-state index contributed by atoms with van der Waals surface area (Å²) < 4.78 is 18.3. The second-order valence-corrected chi connectivity index (χ2v) is 6.11. The van der Waals surface area contributed by atoms with E-state index in [9.17, 15) is 9.18 Å². The smallest absolute Gasteiger partial charge is 0.315 e. The minimum Gasteiger partial charge on any atom is -0.375 e. The summed E-state index contributed by atoms with van der Waals surface area (Å²) in [7, 11) is 1.55. The van der Waals surface area contributed by atoms with E-state index in [1.54, 1.807) is 30.6 Å². The molecule has 1 heterocycles. The summed E-state index contributed by atoms with van der Waals surface area (Å²) in [6.07, 6.45) is 2.44. The Labute approximate surface area is 138 Å². The van der Waals surface area contributed by atoms with Gasteiger partial charge in [0.25, 0.3) is 0 Å². The van der Waals surface area contributed by atoms with Crippen LogP contribution in [-0.2, 0) is 17.7 Å². The third-order valence-corrected chi connectivity index (χ3v) is 4.47. The van der Waals surface area contributed by atoms with Crippen LogP contribution in [0, 0.1) is 5.82 Å². The van der Waals surface area contributed by atoms with Crippen molar-refractivity contribution >= 4 is 17.4 Å². The third kappa shape index (κ3) is 5.30. The lowest BCUT2D eigenvalue weighted by Crippen LogP contribution is -2.37. The van der Waals surface area contributed by atoms with Crippen LogP contribution in [0.3, 0.4) is 0 Å². The molecule has 0 saturated carbocycles. The van der Waals surface area contributed by atoms with Crippen LogP contribution in [-0.4, -0.2) is 24.7 Å². The Hall–Kier alpha value is -1.99. The Morgan fingerprint density at radius 1 is 1.35 bits per heavy atom. The number of aryl methyl sites for hydroxylation is 1. The van der Waals surface area contributed by atoms with Gasteiger partial charge < -0.3 is 15.4 Å². The molecular weight excluding hydrogens is 317 g/mol. The SMILES string of the molecule is CCc1cnc(CNC(=O)NCC(OC)c2ccc(F)cc2)s1. The zero-order valence-corrected chi connectivity index (χ0v) is 14.0. The van der Waals surface area contributed by atoms with Crippen molar-refractivity contribution in [2.24, 2.45) is 0 Å². The number of carbonyl (C=O) groups is 1. The van der Waals surface area contributed by atoms with Crippen LogP contribution in [0.15, 0.2) is 30.5 Å². The van der Waals surface area contributed by atoms with E-state index in [-0.39, 0.29) is 18.0 Å². The van der Waals surface area contributed by atoms with Crippen molar-refractivity contribution in [1.29, 1.82) is 0 Å². The number of hydrogen-bond donors (Lipinski definition) is 2. The number of rotatable bonds is 7.